The highest BCUT2D eigenvalue weighted by molar-refractivity contribution is 9.10. The first-order valence-corrected chi connectivity index (χ1v) is 6.41. The highest BCUT2D eigenvalue weighted by Gasteiger charge is 2.09. The average Bonchev–Trinajstić information content (AvgIpc) is 2.38. The quantitative estimate of drug-likeness (QED) is 0.629. The molecule has 0 fully saturated rings. The third kappa shape index (κ3) is 1.62. The number of pyridine rings is 2. The van der Waals surface area contributed by atoms with Gasteiger partial charge >= 0.3 is 0 Å². The van der Waals surface area contributed by atoms with Crippen molar-refractivity contribution in [3.8, 4) is 0 Å². The van der Waals surface area contributed by atoms with Gasteiger partial charge in [0.1, 0.15) is 0 Å². The Labute approximate surface area is 108 Å². The van der Waals surface area contributed by atoms with Gasteiger partial charge < -0.3 is 0 Å². The number of hydrogen-bond acceptors (Lipinski definition) is 2. The number of aryl methyl sites for hydroxylation is 1. The highest BCUT2D eigenvalue weighted by atomic mass is 79.9. The van der Waals surface area contributed by atoms with Gasteiger partial charge in [-0.05, 0) is 46.1 Å². The molecule has 0 saturated carbocycles. The maximum atomic E-state index is 4.44. The Morgan fingerprint density at radius 1 is 1.18 bits per heavy atom. The normalized spacial score (nSPS) is 11.2. The van der Waals surface area contributed by atoms with Crippen molar-refractivity contribution >= 4 is 37.7 Å². The summed E-state index contributed by atoms with van der Waals surface area (Å²) in [7, 11) is 0. The maximum Gasteiger partial charge on any atom is 0.0851 e. The van der Waals surface area contributed by atoms with Crippen LogP contribution in [0.15, 0.2) is 41.1 Å². The minimum absolute atomic E-state index is 1.00. The fraction of sp³-hybridized carbons (Fsp3) is 0.143. The zero-order valence-corrected chi connectivity index (χ0v) is 11.0. The number of nitrogens with zero attached hydrogens (tertiary/aromatic N) is 2. The van der Waals surface area contributed by atoms with Crippen LogP contribution < -0.4 is 0 Å². The number of fused-ring (bicyclic) bond motifs is 3. The topological polar surface area (TPSA) is 25.8 Å². The van der Waals surface area contributed by atoms with Crippen molar-refractivity contribution < 1.29 is 0 Å². The van der Waals surface area contributed by atoms with E-state index in [-0.39, 0.29) is 0 Å². The SMILES string of the molecule is CCc1ccnc2cc(Br)c3ncccc3c12. The second-order valence-electron chi connectivity index (χ2n) is 3.98. The number of aromatic nitrogens is 2. The molecule has 2 aromatic heterocycles. The molecule has 3 aromatic rings. The molecule has 0 atom stereocenters. The van der Waals surface area contributed by atoms with Crippen LogP contribution in [0.4, 0.5) is 0 Å². The van der Waals surface area contributed by atoms with Gasteiger partial charge in [0, 0.05) is 27.6 Å². The van der Waals surface area contributed by atoms with Crippen molar-refractivity contribution in [3.63, 3.8) is 0 Å². The van der Waals surface area contributed by atoms with Crippen molar-refractivity contribution in [2.75, 3.05) is 0 Å². The van der Waals surface area contributed by atoms with Crippen LogP contribution in [0.2, 0.25) is 0 Å². The predicted molar refractivity (Wildman–Crippen MR) is 74.1 cm³/mol. The molecule has 0 unspecified atom stereocenters. The molecule has 0 aliphatic carbocycles. The van der Waals surface area contributed by atoms with E-state index in [0.717, 1.165) is 21.9 Å². The van der Waals surface area contributed by atoms with Gasteiger partial charge in [-0.3, -0.25) is 9.97 Å². The van der Waals surface area contributed by atoms with Crippen LogP contribution in [0.3, 0.4) is 0 Å². The van der Waals surface area contributed by atoms with Gasteiger partial charge in [0.25, 0.3) is 0 Å². The first-order chi connectivity index (χ1) is 8.31. The van der Waals surface area contributed by atoms with Crippen LogP contribution in [0, 0.1) is 0 Å². The number of rotatable bonds is 1. The first-order valence-electron chi connectivity index (χ1n) is 5.62. The molecule has 0 saturated heterocycles. The molecule has 3 heteroatoms. The van der Waals surface area contributed by atoms with Gasteiger partial charge in [0.2, 0.25) is 0 Å². The Morgan fingerprint density at radius 2 is 2.06 bits per heavy atom. The summed E-state index contributed by atoms with van der Waals surface area (Å²) in [6, 6.07) is 8.21. The van der Waals surface area contributed by atoms with Gasteiger partial charge in [0.15, 0.2) is 0 Å². The molecule has 2 nitrogen and oxygen atoms in total. The molecule has 0 aliphatic rings. The second-order valence-corrected chi connectivity index (χ2v) is 4.83. The molecule has 0 radical (unpaired) electrons. The van der Waals surface area contributed by atoms with E-state index >= 15 is 0 Å². The number of benzene rings is 1. The van der Waals surface area contributed by atoms with E-state index in [1.54, 1.807) is 0 Å². The van der Waals surface area contributed by atoms with E-state index in [4.69, 9.17) is 0 Å². The Balaban J connectivity index is 2.60. The van der Waals surface area contributed by atoms with E-state index in [0.29, 0.717) is 0 Å². The number of hydrogen-bond donors (Lipinski definition) is 0. The lowest BCUT2D eigenvalue weighted by Gasteiger charge is -2.08. The van der Waals surface area contributed by atoms with Crippen LogP contribution in [-0.2, 0) is 6.42 Å². The monoisotopic (exact) mass is 286 g/mol. The van der Waals surface area contributed by atoms with Gasteiger partial charge in [0.05, 0.1) is 11.0 Å². The fourth-order valence-corrected chi connectivity index (χ4v) is 2.75. The van der Waals surface area contributed by atoms with Crippen molar-refractivity contribution in [1.29, 1.82) is 0 Å². The summed E-state index contributed by atoms with van der Waals surface area (Å²) in [4.78, 5) is 8.87. The van der Waals surface area contributed by atoms with Gasteiger partial charge in [-0.2, -0.15) is 0 Å². The minimum Gasteiger partial charge on any atom is -0.256 e. The maximum absolute atomic E-state index is 4.44. The summed E-state index contributed by atoms with van der Waals surface area (Å²) in [6.07, 6.45) is 4.70. The summed E-state index contributed by atoms with van der Waals surface area (Å²) >= 11 is 3.56. The van der Waals surface area contributed by atoms with E-state index in [1.165, 1.54) is 16.3 Å². The summed E-state index contributed by atoms with van der Waals surface area (Å²) < 4.78 is 1.00. The van der Waals surface area contributed by atoms with Gasteiger partial charge in [-0.1, -0.05) is 13.0 Å². The smallest absolute Gasteiger partial charge is 0.0851 e. The molecule has 17 heavy (non-hydrogen) atoms. The predicted octanol–water partition coefficient (Wildman–Crippen LogP) is 4.11. The molecule has 0 spiro atoms. The van der Waals surface area contributed by atoms with Crippen molar-refractivity contribution in [3.05, 3.63) is 46.7 Å². The summed E-state index contributed by atoms with van der Waals surface area (Å²) in [5.41, 5.74) is 3.35. The highest BCUT2D eigenvalue weighted by Crippen LogP contribution is 2.31. The molecular weight excluding hydrogens is 276 g/mol. The molecule has 0 bridgehead atoms. The van der Waals surface area contributed by atoms with Crippen molar-refractivity contribution in [2.45, 2.75) is 13.3 Å². The van der Waals surface area contributed by atoms with E-state index in [9.17, 15) is 0 Å². The Bertz CT molecular complexity index is 707. The van der Waals surface area contributed by atoms with E-state index in [2.05, 4.69) is 45.0 Å². The molecule has 3 rings (SSSR count). The van der Waals surface area contributed by atoms with Gasteiger partial charge in [-0.15, -0.1) is 0 Å². The van der Waals surface area contributed by atoms with Gasteiger partial charge in [-0.25, -0.2) is 0 Å². The van der Waals surface area contributed by atoms with Crippen molar-refractivity contribution in [1.82, 2.24) is 9.97 Å². The standard InChI is InChI=1S/C14H11BrN2/c1-2-9-5-7-16-12-8-11(15)14-10(13(9)12)4-3-6-17-14/h3-8H,2H2,1H3. The fourth-order valence-electron chi connectivity index (χ4n) is 2.22. The molecule has 2 heterocycles. The molecule has 1 aromatic carbocycles. The van der Waals surface area contributed by atoms with Crippen LogP contribution in [-0.4, -0.2) is 9.97 Å². The Kier molecular flexibility index (Phi) is 2.56. The van der Waals surface area contributed by atoms with Crippen LogP contribution in [0.25, 0.3) is 21.8 Å². The largest absolute Gasteiger partial charge is 0.256 e. The zero-order valence-electron chi connectivity index (χ0n) is 9.44. The summed E-state index contributed by atoms with van der Waals surface area (Å²) in [5, 5.41) is 2.39. The molecular formula is C14H11BrN2. The minimum atomic E-state index is 1.00. The molecule has 0 amide bonds. The average molecular weight is 287 g/mol. The van der Waals surface area contributed by atoms with Crippen LogP contribution >= 0.6 is 15.9 Å². The van der Waals surface area contributed by atoms with E-state index < -0.39 is 0 Å². The lowest BCUT2D eigenvalue weighted by molar-refractivity contribution is 1.15. The van der Waals surface area contributed by atoms with Crippen molar-refractivity contribution in [2.24, 2.45) is 0 Å². The number of halogens is 1. The Morgan fingerprint density at radius 3 is 2.88 bits per heavy atom. The zero-order chi connectivity index (χ0) is 11.8. The summed E-state index contributed by atoms with van der Waals surface area (Å²) in [6.45, 7) is 2.17. The van der Waals surface area contributed by atoms with Crippen LogP contribution in [0.5, 0.6) is 0 Å². The summed E-state index contributed by atoms with van der Waals surface area (Å²) in [5.74, 6) is 0. The molecule has 0 N–H and O–H groups in total. The first kappa shape index (κ1) is 10.7. The third-order valence-corrected chi connectivity index (χ3v) is 3.62. The van der Waals surface area contributed by atoms with Crippen LogP contribution in [0.1, 0.15) is 12.5 Å². The van der Waals surface area contributed by atoms with E-state index in [1.807, 2.05) is 24.5 Å². The molecule has 84 valence electrons. The second kappa shape index (κ2) is 4.08. The Hall–Kier alpha value is -1.48. The molecule has 0 aliphatic heterocycles. The third-order valence-electron chi connectivity index (χ3n) is 3.01. The lowest BCUT2D eigenvalue weighted by Crippen LogP contribution is -1.90. The lowest BCUT2D eigenvalue weighted by atomic mass is 10.0.